The largest absolute Gasteiger partial charge is 0.453 e. The van der Waals surface area contributed by atoms with E-state index >= 15 is 0 Å². The fraction of sp³-hybridized carbons (Fsp3) is 0. The van der Waals surface area contributed by atoms with Crippen LogP contribution in [0.3, 0.4) is 0 Å². The van der Waals surface area contributed by atoms with E-state index in [4.69, 9.17) is 27.9 Å². The predicted octanol–water partition coefficient (Wildman–Crippen LogP) is 6.27. The molecule has 0 spiro atoms. The van der Waals surface area contributed by atoms with Crippen LogP contribution in [0.2, 0.25) is 10.0 Å². The van der Waals surface area contributed by atoms with Gasteiger partial charge in [-0.05, 0) is 42.5 Å². The summed E-state index contributed by atoms with van der Waals surface area (Å²) in [5.41, 5.74) is 0.804. The summed E-state index contributed by atoms with van der Waals surface area (Å²) in [6.07, 6.45) is 1.49. The monoisotopic (exact) mass is 462 g/mol. The molecule has 3 aromatic carbocycles. The highest BCUT2D eigenvalue weighted by molar-refractivity contribution is 7.92. The Balaban J connectivity index is 1.56. The van der Waals surface area contributed by atoms with Crippen molar-refractivity contribution in [1.82, 2.24) is 4.98 Å². The Labute approximate surface area is 182 Å². The summed E-state index contributed by atoms with van der Waals surface area (Å²) >= 11 is 11.8. The number of nitrogens with zero attached hydrogens (tertiary/aromatic N) is 1. The minimum absolute atomic E-state index is 0.0162. The van der Waals surface area contributed by atoms with Crippen molar-refractivity contribution in [2.75, 3.05) is 4.72 Å². The molecule has 1 N–H and O–H groups in total. The average molecular weight is 463 g/mol. The van der Waals surface area contributed by atoms with Gasteiger partial charge in [0.1, 0.15) is 10.6 Å². The van der Waals surface area contributed by atoms with Gasteiger partial charge in [-0.25, -0.2) is 12.8 Å². The summed E-state index contributed by atoms with van der Waals surface area (Å²) in [7, 11) is -4.03. The molecule has 0 bridgehead atoms. The topological polar surface area (TPSA) is 68.3 Å². The second kappa shape index (κ2) is 8.10. The van der Waals surface area contributed by atoms with Crippen LogP contribution in [-0.4, -0.2) is 13.4 Å². The van der Waals surface area contributed by atoms with Crippen molar-refractivity contribution in [2.24, 2.45) is 0 Å². The molecule has 1 heterocycles. The number of fused-ring (bicyclic) bond motifs is 1. The van der Waals surface area contributed by atoms with Gasteiger partial charge < -0.3 is 4.74 Å². The lowest BCUT2D eigenvalue weighted by atomic mass is 10.2. The van der Waals surface area contributed by atoms with E-state index in [1.165, 1.54) is 36.5 Å². The molecule has 0 aliphatic heterocycles. The summed E-state index contributed by atoms with van der Waals surface area (Å²) in [6, 6.07) is 16.9. The van der Waals surface area contributed by atoms with Crippen LogP contribution in [0.25, 0.3) is 10.9 Å². The lowest BCUT2D eigenvalue weighted by molar-refractivity contribution is 0.441. The minimum Gasteiger partial charge on any atom is -0.453 e. The van der Waals surface area contributed by atoms with Crippen molar-refractivity contribution in [2.45, 2.75) is 4.90 Å². The smallest absolute Gasteiger partial charge is 0.263 e. The number of para-hydroxylation sites is 1. The first-order valence-electron chi connectivity index (χ1n) is 8.62. The fourth-order valence-corrected chi connectivity index (χ4v) is 4.61. The Bertz CT molecular complexity index is 1360. The number of aromatic nitrogens is 1. The highest BCUT2D eigenvalue weighted by atomic mass is 35.5. The van der Waals surface area contributed by atoms with Gasteiger partial charge in [-0.2, -0.15) is 0 Å². The van der Waals surface area contributed by atoms with Crippen LogP contribution in [0, 0.1) is 5.82 Å². The number of rotatable bonds is 5. The zero-order valence-corrected chi connectivity index (χ0v) is 17.5. The summed E-state index contributed by atoms with van der Waals surface area (Å²) in [4.78, 5) is 4.09. The number of ether oxygens (including phenoxy) is 1. The van der Waals surface area contributed by atoms with Gasteiger partial charge in [-0.15, -0.1) is 0 Å². The van der Waals surface area contributed by atoms with E-state index in [-0.39, 0.29) is 21.4 Å². The van der Waals surface area contributed by atoms with Gasteiger partial charge in [0.05, 0.1) is 22.4 Å². The van der Waals surface area contributed by atoms with Crippen molar-refractivity contribution in [3.8, 4) is 11.5 Å². The van der Waals surface area contributed by atoms with Crippen LogP contribution in [0.1, 0.15) is 0 Å². The number of nitrogens with one attached hydrogen (secondary N) is 1. The Morgan fingerprint density at radius 3 is 2.53 bits per heavy atom. The van der Waals surface area contributed by atoms with E-state index in [1.54, 1.807) is 6.07 Å². The van der Waals surface area contributed by atoms with Gasteiger partial charge in [-0.1, -0.05) is 41.4 Å². The van der Waals surface area contributed by atoms with Crippen LogP contribution in [-0.2, 0) is 10.0 Å². The quantitative estimate of drug-likeness (QED) is 0.379. The second-order valence-corrected chi connectivity index (χ2v) is 8.79. The minimum atomic E-state index is -4.03. The van der Waals surface area contributed by atoms with Crippen molar-refractivity contribution < 1.29 is 17.5 Å². The molecule has 5 nitrogen and oxygen atoms in total. The molecule has 152 valence electrons. The molecule has 0 radical (unpaired) electrons. The van der Waals surface area contributed by atoms with E-state index in [2.05, 4.69) is 9.71 Å². The highest BCUT2D eigenvalue weighted by Crippen LogP contribution is 2.30. The summed E-state index contributed by atoms with van der Waals surface area (Å²) in [5.74, 6) is -0.459. The first kappa shape index (κ1) is 20.4. The lowest BCUT2D eigenvalue weighted by Crippen LogP contribution is -2.13. The normalized spacial score (nSPS) is 11.4. The number of hydrogen-bond acceptors (Lipinski definition) is 4. The summed E-state index contributed by atoms with van der Waals surface area (Å²) < 4.78 is 47.5. The zero-order chi connectivity index (χ0) is 21.3. The Kier molecular flexibility index (Phi) is 5.51. The maximum absolute atomic E-state index is 14.5. The third-order valence-corrected chi connectivity index (χ3v) is 6.26. The zero-order valence-electron chi connectivity index (χ0n) is 15.1. The molecular formula is C21H13Cl2FN2O3S. The molecule has 0 fully saturated rings. The van der Waals surface area contributed by atoms with Gasteiger partial charge in [0.15, 0.2) is 11.6 Å². The Morgan fingerprint density at radius 1 is 0.967 bits per heavy atom. The lowest BCUT2D eigenvalue weighted by Gasteiger charge is -2.12. The molecule has 30 heavy (non-hydrogen) atoms. The van der Waals surface area contributed by atoms with Gasteiger partial charge in [-0.3, -0.25) is 9.71 Å². The molecule has 0 saturated heterocycles. The molecular weight excluding hydrogens is 450 g/mol. The predicted molar refractivity (Wildman–Crippen MR) is 115 cm³/mol. The maximum Gasteiger partial charge on any atom is 0.263 e. The molecule has 9 heteroatoms. The molecule has 0 saturated carbocycles. The van der Waals surface area contributed by atoms with E-state index in [9.17, 15) is 12.8 Å². The maximum atomic E-state index is 14.5. The molecule has 0 atom stereocenters. The van der Waals surface area contributed by atoms with Crippen LogP contribution in [0.4, 0.5) is 10.1 Å². The molecule has 0 aliphatic rings. The van der Waals surface area contributed by atoms with E-state index in [1.807, 2.05) is 24.3 Å². The second-order valence-electron chi connectivity index (χ2n) is 6.29. The highest BCUT2D eigenvalue weighted by Gasteiger charge is 2.19. The SMILES string of the molecule is O=S(=O)(Nc1ccc(Oc2cnc3ccccc3c2)c(F)c1)c1ccc(Cl)cc1Cl. The van der Waals surface area contributed by atoms with E-state index in [0.29, 0.717) is 10.8 Å². The third-order valence-electron chi connectivity index (χ3n) is 4.16. The van der Waals surface area contributed by atoms with Crippen LogP contribution < -0.4 is 9.46 Å². The molecule has 4 aromatic rings. The van der Waals surface area contributed by atoms with Crippen molar-refractivity contribution >= 4 is 49.8 Å². The number of hydrogen-bond donors (Lipinski definition) is 1. The molecule has 1 aromatic heterocycles. The number of sulfonamides is 1. The fourth-order valence-electron chi connectivity index (χ4n) is 2.78. The van der Waals surface area contributed by atoms with Crippen LogP contribution in [0.5, 0.6) is 11.5 Å². The average Bonchev–Trinajstić information content (AvgIpc) is 2.69. The molecule has 0 unspecified atom stereocenters. The molecule has 0 aliphatic carbocycles. The molecule has 0 amide bonds. The van der Waals surface area contributed by atoms with Crippen molar-refractivity contribution in [3.05, 3.63) is 88.8 Å². The first-order valence-corrected chi connectivity index (χ1v) is 10.9. The van der Waals surface area contributed by atoms with Crippen LogP contribution in [0.15, 0.2) is 77.8 Å². The summed E-state index contributed by atoms with van der Waals surface area (Å²) in [5, 5.41) is 1.11. The van der Waals surface area contributed by atoms with E-state index in [0.717, 1.165) is 17.0 Å². The number of anilines is 1. The van der Waals surface area contributed by atoms with Crippen molar-refractivity contribution in [3.63, 3.8) is 0 Å². The standard InChI is InChI=1S/C21H13Cl2FN2O3S/c22-14-5-8-21(17(23)10-14)30(27,28)26-15-6-7-20(18(24)11-15)29-16-9-13-3-1-2-4-19(13)25-12-16/h1-12,26H. The Morgan fingerprint density at radius 2 is 1.77 bits per heavy atom. The summed E-state index contributed by atoms with van der Waals surface area (Å²) in [6.45, 7) is 0. The molecule has 4 rings (SSSR count). The van der Waals surface area contributed by atoms with Gasteiger partial charge in [0, 0.05) is 16.5 Å². The van der Waals surface area contributed by atoms with Crippen molar-refractivity contribution in [1.29, 1.82) is 0 Å². The first-order chi connectivity index (χ1) is 14.3. The van der Waals surface area contributed by atoms with Gasteiger partial charge in [0.25, 0.3) is 10.0 Å². The van der Waals surface area contributed by atoms with Gasteiger partial charge >= 0.3 is 0 Å². The van der Waals surface area contributed by atoms with Gasteiger partial charge in [0.2, 0.25) is 0 Å². The number of pyridine rings is 1. The number of benzene rings is 3. The van der Waals surface area contributed by atoms with E-state index < -0.39 is 15.8 Å². The van der Waals surface area contributed by atoms with Crippen LogP contribution >= 0.6 is 23.2 Å². The third kappa shape index (κ3) is 4.33. The number of halogens is 3. The Hall–Kier alpha value is -2.87.